The van der Waals surface area contributed by atoms with Gasteiger partial charge in [0.2, 0.25) is 17.6 Å². The van der Waals surface area contributed by atoms with E-state index in [1.165, 1.54) is 23.5 Å². The molecule has 0 saturated carbocycles. The molecule has 1 aliphatic heterocycles. The molecule has 3 aromatic rings. The molecule has 0 spiro atoms. The summed E-state index contributed by atoms with van der Waals surface area (Å²) in [5.74, 6) is -1.58. The second kappa shape index (κ2) is 6.00. The van der Waals surface area contributed by atoms with E-state index < -0.39 is 11.6 Å². The minimum absolute atomic E-state index is 0.111. The minimum Gasteiger partial charge on any atom is -0.339 e. The molecule has 9 heteroatoms. The van der Waals surface area contributed by atoms with Crippen LogP contribution in [0.1, 0.15) is 18.2 Å². The number of aromatic nitrogens is 4. The lowest BCUT2D eigenvalue weighted by Crippen LogP contribution is -2.24. The predicted octanol–water partition coefficient (Wildman–Crippen LogP) is 2.33. The molecule has 7 nitrogen and oxygen atoms in total. The monoisotopic (exact) mass is 343 g/mol. The number of hydrogen-bond donors (Lipinski definition) is 0. The van der Waals surface area contributed by atoms with Gasteiger partial charge in [-0.2, -0.15) is 4.98 Å². The Morgan fingerprint density at radius 3 is 2.68 bits per heavy atom. The zero-order valence-electron chi connectivity index (χ0n) is 12.8. The summed E-state index contributed by atoms with van der Waals surface area (Å²) < 4.78 is 32.0. The first-order valence-corrected chi connectivity index (χ1v) is 7.46. The molecule has 2 aromatic heterocycles. The number of benzene rings is 1. The van der Waals surface area contributed by atoms with Crippen LogP contribution in [-0.2, 0) is 4.79 Å². The molecular formula is C16H11F2N5O2. The highest BCUT2D eigenvalue weighted by molar-refractivity contribution is 5.96. The van der Waals surface area contributed by atoms with Crippen molar-refractivity contribution in [3.05, 3.63) is 54.3 Å². The maximum atomic E-state index is 13.4. The van der Waals surface area contributed by atoms with Gasteiger partial charge < -0.3 is 9.42 Å². The van der Waals surface area contributed by atoms with E-state index >= 15 is 0 Å². The fraction of sp³-hybridized carbons (Fsp3) is 0.188. The summed E-state index contributed by atoms with van der Waals surface area (Å²) in [6.07, 6.45) is 4.64. The number of amides is 1. The molecular weight excluding hydrogens is 332 g/mol. The van der Waals surface area contributed by atoms with Crippen molar-refractivity contribution in [2.24, 2.45) is 0 Å². The minimum atomic E-state index is -0.742. The molecule has 1 fully saturated rings. The maximum absolute atomic E-state index is 13.4. The van der Waals surface area contributed by atoms with Crippen molar-refractivity contribution in [3.8, 4) is 11.5 Å². The van der Waals surface area contributed by atoms with Gasteiger partial charge in [-0.05, 0) is 12.1 Å². The van der Waals surface area contributed by atoms with Crippen LogP contribution in [0.3, 0.4) is 0 Å². The molecule has 126 valence electrons. The van der Waals surface area contributed by atoms with Crippen molar-refractivity contribution >= 4 is 11.6 Å². The van der Waals surface area contributed by atoms with E-state index in [1.54, 1.807) is 0 Å². The van der Waals surface area contributed by atoms with Crippen molar-refractivity contribution < 1.29 is 18.1 Å². The van der Waals surface area contributed by atoms with Gasteiger partial charge in [-0.15, -0.1) is 0 Å². The first-order chi connectivity index (χ1) is 12.1. The van der Waals surface area contributed by atoms with E-state index in [-0.39, 0.29) is 42.2 Å². The molecule has 3 heterocycles. The van der Waals surface area contributed by atoms with Gasteiger partial charge in [0.05, 0.1) is 12.1 Å². The Kier molecular flexibility index (Phi) is 3.68. The Bertz CT molecular complexity index is 911. The maximum Gasteiger partial charge on any atom is 0.232 e. The third-order valence-electron chi connectivity index (χ3n) is 3.87. The average molecular weight is 343 g/mol. The Morgan fingerprint density at radius 1 is 1.16 bits per heavy atom. The fourth-order valence-corrected chi connectivity index (χ4v) is 2.74. The molecule has 0 N–H and O–H groups in total. The summed E-state index contributed by atoms with van der Waals surface area (Å²) in [5.41, 5.74) is 0.615. The fourth-order valence-electron chi connectivity index (χ4n) is 2.74. The molecule has 0 bridgehead atoms. The van der Waals surface area contributed by atoms with Crippen LogP contribution in [-0.4, -0.2) is 32.6 Å². The Balaban J connectivity index is 1.57. The van der Waals surface area contributed by atoms with Crippen LogP contribution in [0.2, 0.25) is 0 Å². The summed E-state index contributed by atoms with van der Waals surface area (Å²) in [6, 6.07) is 2.98. The topological polar surface area (TPSA) is 85.0 Å². The van der Waals surface area contributed by atoms with Crippen LogP contribution in [0.15, 0.2) is 41.3 Å². The zero-order chi connectivity index (χ0) is 17.4. The molecule has 1 aromatic carbocycles. The number of hydrogen-bond acceptors (Lipinski definition) is 6. The van der Waals surface area contributed by atoms with Gasteiger partial charge in [0.1, 0.15) is 17.3 Å². The van der Waals surface area contributed by atoms with E-state index in [0.29, 0.717) is 5.69 Å². The molecule has 0 radical (unpaired) electrons. The van der Waals surface area contributed by atoms with Gasteiger partial charge in [-0.1, -0.05) is 5.16 Å². The average Bonchev–Trinajstić information content (AvgIpc) is 3.21. The van der Waals surface area contributed by atoms with Crippen molar-refractivity contribution in [3.63, 3.8) is 0 Å². The van der Waals surface area contributed by atoms with Gasteiger partial charge >= 0.3 is 0 Å². The van der Waals surface area contributed by atoms with Gasteiger partial charge in [-0.3, -0.25) is 9.78 Å². The smallest absolute Gasteiger partial charge is 0.232 e. The molecule has 1 amide bonds. The van der Waals surface area contributed by atoms with Gasteiger partial charge in [0.25, 0.3) is 0 Å². The quantitative estimate of drug-likeness (QED) is 0.726. The number of carbonyl (C=O) groups is 1. The van der Waals surface area contributed by atoms with Crippen molar-refractivity contribution in [1.82, 2.24) is 20.1 Å². The Morgan fingerprint density at radius 2 is 1.96 bits per heavy atom. The molecule has 1 unspecified atom stereocenters. The molecule has 1 aliphatic rings. The Hall–Kier alpha value is -3.23. The Labute approximate surface area is 140 Å². The van der Waals surface area contributed by atoms with Crippen LogP contribution in [0.25, 0.3) is 11.5 Å². The normalized spacial score (nSPS) is 17.3. The highest BCUT2D eigenvalue weighted by Gasteiger charge is 2.35. The van der Waals surface area contributed by atoms with E-state index in [0.717, 1.165) is 18.2 Å². The third-order valence-corrected chi connectivity index (χ3v) is 3.87. The second-order valence-electron chi connectivity index (χ2n) is 5.58. The second-order valence-corrected chi connectivity index (χ2v) is 5.58. The molecule has 25 heavy (non-hydrogen) atoms. The largest absolute Gasteiger partial charge is 0.339 e. The molecule has 1 saturated heterocycles. The molecule has 1 atom stereocenters. The lowest BCUT2D eigenvalue weighted by atomic mass is 10.1. The van der Waals surface area contributed by atoms with E-state index in [4.69, 9.17) is 4.52 Å². The summed E-state index contributed by atoms with van der Waals surface area (Å²) in [4.78, 5) is 25.8. The summed E-state index contributed by atoms with van der Waals surface area (Å²) >= 11 is 0. The number of halogens is 2. The van der Waals surface area contributed by atoms with E-state index in [9.17, 15) is 13.6 Å². The highest BCUT2D eigenvalue weighted by atomic mass is 19.1. The first kappa shape index (κ1) is 15.3. The van der Waals surface area contributed by atoms with E-state index in [1.807, 2.05) is 0 Å². The van der Waals surface area contributed by atoms with Gasteiger partial charge in [0.15, 0.2) is 0 Å². The molecule has 0 aliphatic carbocycles. The van der Waals surface area contributed by atoms with Crippen LogP contribution in [0, 0.1) is 11.6 Å². The van der Waals surface area contributed by atoms with Crippen LogP contribution >= 0.6 is 0 Å². The predicted molar refractivity (Wildman–Crippen MR) is 81.4 cm³/mol. The lowest BCUT2D eigenvalue weighted by molar-refractivity contribution is -0.117. The SMILES string of the molecule is O=C1CC(c2nc(-c3cnccn3)no2)CN1c1cc(F)cc(F)c1. The van der Waals surface area contributed by atoms with E-state index in [2.05, 4.69) is 20.1 Å². The number of carbonyl (C=O) groups excluding carboxylic acids is 1. The van der Waals surface area contributed by atoms with Gasteiger partial charge in [0, 0.05) is 37.1 Å². The van der Waals surface area contributed by atoms with Crippen LogP contribution in [0.4, 0.5) is 14.5 Å². The summed E-state index contributed by atoms with van der Waals surface area (Å²) in [5, 5.41) is 3.84. The van der Waals surface area contributed by atoms with Crippen molar-refractivity contribution in [2.45, 2.75) is 12.3 Å². The molecule has 4 rings (SSSR count). The standard InChI is InChI=1S/C16H11F2N5O2/c17-10-4-11(18)6-12(5-10)23-8-9(3-14(23)24)16-21-15(22-25-16)13-7-19-1-2-20-13/h1-2,4-7,9H,3,8H2. The third kappa shape index (κ3) is 2.95. The van der Waals surface area contributed by atoms with Crippen molar-refractivity contribution in [2.75, 3.05) is 11.4 Å². The number of rotatable bonds is 3. The summed E-state index contributed by atoms with van der Waals surface area (Å²) in [6.45, 7) is 0.198. The first-order valence-electron chi connectivity index (χ1n) is 7.46. The number of anilines is 1. The number of nitrogens with zero attached hydrogens (tertiary/aromatic N) is 5. The summed E-state index contributed by atoms with van der Waals surface area (Å²) in [7, 11) is 0. The van der Waals surface area contributed by atoms with Gasteiger partial charge in [-0.25, -0.2) is 13.8 Å². The van der Waals surface area contributed by atoms with Crippen LogP contribution in [0.5, 0.6) is 0 Å². The zero-order valence-corrected chi connectivity index (χ0v) is 12.8. The lowest BCUT2D eigenvalue weighted by Gasteiger charge is -2.16. The van der Waals surface area contributed by atoms with Crippen molar-refractivity contribution in [1.29, 1.82) is 0 Å². The van der Waals surface area contributed by atoms with Crippen LogP contribution < -0.4 is 4.90 Å². The highest BCUT2D eigenvalue weighted by Crippen LogP contribution is 2.32.